The topological polar surface area (TPSA) is 41.9 Å². The SMILES string of the molecule is COc1cc(CN2CCC[C@@H](O)C2)cc(OC)c1. The molecule has 1 aromatic rings. The van der Waals surface area contributed by atoms with E-state index in [0.717, 1.165) is 49.5 Å². The first-order valence-corrected chi connectivity index (χ1v) is 6.33. The molecule has 0 bridgehead atoms. The predicted molar refractivity (Wildman–Crippen MR) is 70.1 cm³/mol. The quantitative estimate of drug-likeness (QED) is 0.883. The number of likely N-dealkylation sites (tertiary alicyclic amines) is 1. The van der Waals surface area contributed by atoms with Gasteiger partial charge in [-0.1, -0.05) is 0 Å². The maximum Gasteiger partial charge on any atom is 0.122 e. The fourth-order valence-electron chi connectivity index (χ4n) is 2.39. The Balaban J connectivity index is 2.07. The number of β-amino-alcohol motifs (C(OH)–C–C–N with tert-alkyl or cyclic N) is 1. The van der Waals surface area contributed by atoms with Gasteiger partial charge in [-0.05, 0) is 37.1 Å². The summed E-state index contributed by atoms with van der Waals surface area (Å²) in [6.45, 7) is 2.61. The lowest BCUT2D eigenvalue weighted by atomic mass is 10.1. The number of aliphatic hydroxyl groups is 1. The lowest BCUT2D eigenvalue weighted by molar-refractivity contribution is 0.0668. The lowest BCUT2D eigenvalue weighted by Gasteiger charge is -2.30. The van der Waals surface area contributed by atoms with Crippen LogP contribution in [0.1, 0.15) is 18.4 Å². The van der Waals surface area contributed by atoms with Gasteiger partial charge >= 0.3 is 0 Å². The van der Waals surface area contributed by atoms with Crippen molar-refractivity contribution in [2.75, 3.05) is 27.3 Å². The first-order valence-electron chi connectivity index (χ1n) is 6.33. The Morgan fingerprint density at radius 3 is 2.44 bits per heavy atom. The van der Waals surface area contributed by atoms with Crippen LogP contribution in [0.5, 0.6) is 11.5 Å². The third-order valence-corrected chi connectivity index (χ3v) is 3.30. The second kappa shape index (κ2) is 6.07. The number of aliphatic hydroxyl groups excluding tert-OH is 1. The van der Waals surface area contributed by atoms with Crippen LogP contribution in [0.25, 0.3) is 0 Å². The summed E-state index contributed by atoms with van der Waals surface area (Å²) in [6, 6.07) is 5.90. The first kappa shape index (κ1) is 13.2. The number of ether oxygens (including phenoxy) is 2. The van der Waals surface area contributed by atoms with Gasteiger partial charge in [-0.2, -0.15) is 0 Å². The molecule has 0 radical (unpaired) electrons. The normalized spacial score (nSPS) is 20.7. The van der Waals surface area contributed by atoms with Crippen LogP contribution >= 0.6 is 0 Å². The zero-order chi connectivity index (χ0) is 13.0. The molecule has 0 amide bonds. The highest BCUT2D eigenvalue weighted by molar-refractivity contribution is 5.38. The molecule has 1 atom stereocenters. The van der Waals surface area contributed by atoms with E-state index in [4.69, 9.17) is 9.47 Å². The minimum Gasteiger partial charge on any atom is -0.497 e. The van der Waals surface area contributed by atoms with Gasteiger partial charge in [0.15, 0.2) is 0 Å². The Labute approximate surface area is 108 Å². The highest BCUT2D eigenvalue weighted by Crippen LogP contribution is 2.24. The number of rotatable bonds is 4. The van der Waals surface area contributed by atoms with Crippen LogP contribution in [0.2, 0.25) is 0 Å². The maximum atomic E-state index is 9.67. The third-order valence-electron chi connectivity index (χ3n) is 3.30. The van der Waals surface area contributed by atoms with E-state index in [1.54, 1.807) is 14.2 Å². The fourth-order valence-corrected chi connectivity index (χ4v) is 2.39. The molecule has 0 aromatic heterocycles. The fraction of sp³-hybridized carbons (Fsp3) is 0.571. The summed E-state index contributed by atoms with van der Waals surface area (Å²) in [6.07, 6.45) is 1.78. The minimum absolute atomic E-state index is 0.189. The van der Waals surface area contributed by atoms with Crippen molar-refractivity contribution in [2.45, 2.75) is 25.5 Å². The largest absolute Gasteiger partial charge is 0.497 e. The molecule has 0 spiro atoms. The lowest BCUT2D eigenvalue weighted by Crippen LogP contribution is -2.37. The van der Waals surface area contributed by atoms with Crippen LogP contribution in [-0.4, -0.2) is 43.4 Å². The van der Waals surface area contributed by atoms with E-state index in [0.29, 0.717) is 0 Å². The summed E-state index contributed by atoms with van der Waals surface area (Å²) in [5.74, 6) is 1.61. The Bertz CT molecular complexity index is 372. The summed E-state index contributed by atoms with van der Waals surface area (Å²) in [5, 5.41) is 9.67. The van der Waals surface area contributed by atoms with Gasteiger partial charge in [0.05, 0.1) is 20.3 Å². The van der Waals surface area contributed by atoms with Crippen molar-refractivity contribution in [3.63, 3.8) is 0 Å². The summed E-state index contributed by atoms with van der Waals surface area (Å²) in [7, 11) is 3.31. The predicted octanol–water partition coefficient (Wildman–Crippen LogP) is 1.66. The molecule has 1 aromatic carbocycles. The molecule has 0 saturated carbocycles. The summed E-state index contributed by atoms with van der Waals surface area (Å²) in [4.78, 5) is 2.27. The molecule has 1 saturated heterocycles. The van der Waals surface area contributed by atoms with Crippen LogP contribution in [0.4, 0.5) is 0 Å². The molecule has 1 heterocycles. The summed E-state index contributed by atoms with van der Waals surface area (Å²) < 4.78 is 10.5. The Morgan fingerprint density at radius 1 is 1.22 bits per heavy atom. The molecule has 18 heavy (non-hydrogen) atoms. The van der Waals surface area contributed by atoms with Crippen molar-refractivity contribution < 1.29 is 14.6 Å². The van der Waals surface area contributed by atoms with Crippen molar-refractivity contribution in [2.24, 2.45) is 0 Å². The van der Waals surface area contributed by atoms with E-state index in [1.807, 2.05) is 18.2 Å². The standard InChI is InChI=1S/C14H21NO3/c1-17-13-6-11(7-14(8-13)18-2)9-15-5-3-4-12(16)10-15/h6-8,12,16H,3-5,9-10H2,1-2H3/t12-/m1/s1. The summed E-state index contributed by atoms with van der Waals surface area (Å²) in [5.41, 5.74) is 1.15. The van der Waals surface area contributed by atoms with Gasteiger partial charge in [-0.25, -0.2) is 0 Å². The second-order valence-electron chi connectivity index (χ2n) is 4.75. The molecule has 1 N–H and O–H groups in total. The molecule has 4 heteroatoms. The van der Waals surface area contributed by atoms with E-state index in [1.165, 1.54) is 0 Å². The van der Waals surface area contributed by atoms with Crippen LogP contribution in [0, 0.1) is 0 Å². The zero-order valence-corrected chi connectivity index (χ0v) is 11.1. The van der Waals surface area contributed by atoms with E-state index in [9.17, 15) is 5.11 Å². The minimum atomic E-state index is -0.189. The van der Waals surface area contributed by atoms with Crippen molar-refractivity contribution in [3.8, 4) is 11.5 Å². The molecule has 4 nitrogen and oxygen atoms in total. The molecule has 1 aliphatic rings. The molecular formula is C14H21NO3. The van der Waals surface area contributed by atoms with Crippen molar-refractivity contribution in [1.29, 1.82) is 0 Å². The van der Waals surface area contributed by atoms with E-state index < -0.39 is 0 Å². The smallest absolute Gasteiger partial charge is 0.122 e. The third kappa shape index (κ3) is 3.37. The van der Waals surface area contributed by atoms with Crippen molar-refractivity contribution >= 4 is 0 Å². The number of nitrogens with zero attached hydrogens (tertiary/aromatic N) is 1. The average Bonchev–Trinajstić information content (AvgIpc) is 2.38. The zero-order valence-electron chi connectivity index (χ0n) is 11.1. The molecule has 2 rings (SSSR count). The molecule has 100 valence electrons. The number of piperidine rings is 1. The highest BCUT2D eigenvalue weighted by Gasteiger charge is 2.18. The van der Waals surface area contributed by atoms with Crippen molar-refractivity contribution in [3.05, 3.63) is 23.8 Å². The van der Waals surface area contributed by atoms with Crippen LogP contribution < -0.4 is 9.47 Å². The highest BCUT2D eigenvalue weighted by atomic mass is 16.5. The Hall–Kier alpha value is -1.26. The molecule has 1 aliphatic heterocycles. The second-order valence-corrected chi connectivity index (χ2v) is 4.75. The van der Waals surface area contributed by atoms with E-state index in [-0.39, 0.29) is 6.10 Å². The van der Waals surface area contributed by atoms with Crippen LogP contribution in [0.15, 0.2) is 18.2 Å². The van der Waals surface area contributed by atoms with Crippen molar-refractivity contribution in [1.82, 2.24) is 4.90 Å². The molecular weight excluding hydrogens is 230 g/mol. The number of hydrogen-bond acceptors (Lipinski definition) is 4. The van der Waals surface area contributed by atoms with Gasteiger partial charge in [0.2, 0.25) is 0 Å². The number of methoxy groups -OCH3 is 2. The summed E-state index contributed by atoms with van der Waals surface area (Å²) >= 11 is 0. The van der Waals surface area contributed by atoms with E-state index >= 15 is 0 Å². The van der Waals surface area contributed by atoms with Gasteiger partial charge in [0, 0.05) is 19.2 Å². The molecule has 0 unspecified atom stereocenters. The first-order chi connectivity index (χ1) is 8.71. The monoisotopic (exact) mass is 251 g/mol. The van der Waals surface area contributed by atoms with Crippen LogP contribution in [0.3, 0.4) is 0 Å². The molecule has 0 aliphatic carbocycles. The van der Waals surface area contributed by atoms with Crippen LogP contribution in [-0.2, 0) is 6.54 Å². The Morgan fingerprint density at radius 2 is 1.89 bits per heavy atom. The van der Waals surface area contributed by atoms with Gasteiger partial charge in [0.25, 0.3) is 0 Å². The molecule has 1 fully saturated rings. The Kier molecular flexibility index (Phi) is 4.44. The van der Waals surface area contributed by atoms with Gasteiger partial charge in [-0.3, -0.25) is 4.90 Å². The number of benzene rings is 1. The number of hydrogen-bond donors (Lipinski definition) is 1. The average molecular weight is 251 g/mol. The van der Waals surface area contributed by atoms with E-state index in [2.05, 4.69) is 4.90 Å². The van der Waals surface area contributed by atoms with Gasteiger partial charge in [0.1, 0.15) is 11.5 Å². The van der Waals surface area contributed by atoms with Gasteiger partial charge < -0.3 is 14.6 Å². The maximum absolute atomic E-state index is 9.67. The van der Waals surface area contributed by atoms with Gasteiger partial charge in [-0.15, -0.1) is 0 Å².